The Morgan fingerprint density at radius 1 is 1.27 bits per heavy atom. The molecule has 0 aliphatic carbocycles. The van der Waals surface area contributed by atoms with Gasteiger partial charge >= 0.3 is 0 Å². The summed E-state index contributed by atoms with van der Waals surface area (Å²) in [4.78, 5) is 4.42. The van der Waals surface area contributed by atoms with Crippen molar-refractivity contribution in [2.45, 2.75) is 45.4 Å². The molecule has 0 bridgehead atoms. The summed E-state index contributed by atoms with van der Waals surface area (Å²) >= 11 is 0. The topological polar surface area (TPSA) is 22.1 Å². The molecule has 2 rings (SSSR count). The Hall–Kier alpha value is -1.05. The minimum absolute atomic E-state index is 0.175. The Morgan fingerprint density at radius 2 is 2.07 bits per heavy atom. The van der Waals surface area contributed by atoms with Crippen LogP contribution in [0.2, 0.25) is 0 Å². The first-order valence-corrected chi connectivity index (χ1v) is 5.69. The molecule has 0 atom stereocenters. The van der Waals surface area contributed by atoms with Gasteiger partial charge in [0.05, 0.1) is 6.61 Å². The van der Waals surface area contributed by atoms with Crippen LogP contribution >= 0.6 is 0 Å². The van der Waals surface area contributed by atoms with Gasteiger partial charge in [-0.25, -0.2) is 4.98 Å². The van der Waals surface area contributed by atoms with Gasteiger partial charge < -0.3 is 4.74 Å². The summed E-state index contributed by atoms with van der Waals surface area (Å²) in [6.07, 6.45) is 5.40. The van der Waals surface area contributed by atoms with Crippen LogP contribution in [0.1, 0.15) is 44.7 Å². The third kappa shape index (κ3) is 2.31. The lowest BCUT2D eigenvalue weighted by molar-refractivity contribution is 0.305. The zero-order valence-electron chi connectivity index (χ0n) is 9.84. The summed E-state index contributed by atoms with van der Waals surface area (Å²) in [5, 5.41) is 0. The maximum atomic E-state index is 5.60. The molecule has 1 aliphatic rings. The van der Waals surface area contributed by atoms with E-state index in [2.05, 4.69) is 31.8 Å². The number of hydrogen-bond acceptors (Lipinski definition) is 2. The molecule has 2 heteroatoms. The highest BCUT2D eigenvalue weighted by Gasteiger charge is 2.17. The summed E-state index contributed by atoms with van der Waals surface area (Å²) < 4.78 is 5.60. The Kier molecular flexibility index (Phi) is 2.68. The fourth-order valence-corrected chi connectivity index (χ4v) is 1.80. The van der Waals surface area contributed by atoms with Gasteiger partial charge in [-0.1, -0.05) is 20.8 Å². The molecule has 82 valence electrons. The third-order valence-corrected chi connectivity index (χ3v) is 2.87. The van der Waals surface area contributed by atoms with Crippen molar-refractivity contribution < 1.29 is 4.74 Å². The Morgan fingerprint density at radius 3 is 2.80 bits per heavy atom. The van der Waals surface area contributed by atoms with Crippen LogP contribution < -0.4 is 4.74 Å². The summed E-state index contributed by atoms with van der Waals surface area (Å²) in [6, 6.07) is 2.26. The average molecular weight is 205 g/mol. The second-order valence-electron chi connectivity index (χ2n) is 5.24. The molecule has 0 saturated heterocycles. The second kappa shape index (κ2) is 3.84. The standard InChI is InChI=1S/C13H19NO/c1-13(2,3)11-8-10-6-4-5-7-15-12(10)14-9-11/h8-9H,4-7H2,1-3H3. The maximum Gasteiger partial charge on any atom is 0.216 e. The predicted molar refractivity (Wildman–Crippen MR) is 61.4 cm³/mol. The largest absolute Gasteiger partial charge is 0.477 e. The Labute approximate surface area is 91.7 Å². The fourth-order valence-electron chi connectivity index (χ4n) is 1.80. The van der Waals surface area contributed by atoms with Crippen LogP contribution in [0.5, 0.6) is 5.88 Å². The number of fused-ring (bicyclic) bond motifs is 1. The highest BCUT2D eigenvalue weighted by Crippen LogP contribution is 2.28. The molecule has 0 N–H and O–H groups in total. The molecule has 15 heavy (non-hydrogen) atoms. The second-order valence-corrected chi connectivity index (χ2v) is 5.24. The molecular formula is C13H19NO. The van der Waals surface area contributed by atoms with E-state index >= 15 is 0 Å². The van der Waals surface area contributed by atoms with Gasteiger partial charge in [-0.05, 0) is 36.3 Å². The van der Waals surface area contributed by atoms with Crippen molar-refractivity contribution in [1.29, 1.82) is 0 Å². The Balaban J connectivity index is 2.36. The number of pyridine rings is 1. The normalized spacial score (nSPS) is 16.5. The smallest absolute Gasteiger partial charge is 0.216 e. The van der Waals surface area contributed by atoms with Crippen molar-refractivity contribution in [3.63, 3.8) is 0 Å². The van der Waals surface area contributed by atoms with Crippen molar-refractivity contribution in [3.8, 4) is 5.88 Å². The van der Waals surface area contributed by atoms with Gasteiger partial charge in [-0.15, -0.1) is 0 Å². The molecular weight excluding hydrogens is 186 g/mol. The first kappa shape index (κ1) is 10.5. The summed E-state index contributed by atoms with van der Waals surface area (Å²) in [6.45, 7) is 7.46. The molecule has 0 aromatic carbocycles. The van der Waals surface area contributed by atoms with Crippen molar-refractivity contribution in [2.24, 2.45) is 0 Å². The van der Waals surface area contributed by atoms with Crippen LogP contribution in [-0.4, -0.2) is 11.6 Å². The number of ether oxygens (including phenoxy) is 1. The molecule has 1 aromatic rings. The summed E-state index contributed by atoms with van der Waals surface area (Å²) in [7, 11) is 0. The van der Waals surface area contributed by atoms with E-state index in [-0.39, 0.29) is 5.41 Å². The number of aromatic nitrogens is 1. The number of aryl methyl sites for hydroxylation is 1. The lowest BCUT2D eigenvalue weighted by Gasteiger charge is -2.19. The minimum Gasteiger partial charge on any atom is -0.477 e. The van der Waals surface area contributed by atoms with E-state index in [1.807, 2.05) is 6.20 Å². The van der Waals surface area contributed by atoms with Gasteiger partial charge in [0.15, 0.2) is 0 Å². The maximum absolute atomic E-state index is 5.60. The van der Waals surface area contributed by atoms with Crippen molar-refractivity contribution in [1.82, 2.24) is 4.98 Å². The van der Waals surface area contributed by atoms with Crippen molar-refractivity contribution in [2.75, 3.05) is 6.61 Å². The monoisotopic (exact) mass is 205 g/mol. The van der Waals surface area contributed by atoms with E-state index in [4.69, 9.17) is 4.74 Å². The fraction of sp³-hybridized carbons (Fsp3) is 0.615. The van der Waals surface area contributed by atoms with Crippen molar-refractivity contribution in [3.05, 3.63) is 23.4 Å². The lowest BCUT2D eigenvalue weighted by Crippen LogP contribution is -2.12. The number of rotatable bonds is 0. The summed E-state index contributed by atoms with van der Waals surface area (Å²) in [5.74, 6) is 0.848. The summed E-state index contributed by atoms with van der Waals surface area (Å²) in [5.41, 5.74) is 2.75. The first-order chi connectivity index (χ1) is 7.07. The van der Waals surface area contributed by atoms with E-state index in [0.717, 1.165) is 25.3 Å². The molecule has 1 aliphatic heterocycles. The zero-order chi connectivity index (χ0) is 10.9. The molecule has 0 spiro atoms. The van der Waals surface area contributed by atoms with Crippen molar-refractivity contribution >= 4 is 0 Å². The first-order valence-electron chi connectivity index (χ1n) is 5.69. The number of nitrogens with zero attached hydrogens (tertiary/aromatic N) is 1. The molecule has 0 amide bonds. The van der Waals surface area contributed by atoms with E-state index in [0.29, 0.717) is 0 Å². The van der Waals surface area contributed by atoms with Crippen LogP contribution in [0.25, 0.3) is 0 Å². The molecule has 0 radical (unpaired) electrons. The molecule has 1 aromatic heterocycles. The molecule has 0 unspecified atom stereocenters. The third-order valence-electron chi connectivity index (χ3n) is 2.87. The molecule has 0 fully saturated rings. The average Bonchev–Trinajstić information content (AvgIpc) is 2.39. The van der Waals surface area contributed by atoms with E-state index in [9.17, 15) is 0 Å². The van der Waals surface area contributed by atoms with Crippen LogP contribution in [0.15, 0.2) is 12.3 Å². The zero-order valence-corrected chi connectivity index (χ0v) is 9.84. The highest BCUT2D eigenvalue weighted by molar-refractivity contribution is 5.33. The highest BCUT2D eigenvalue weighted by atomic mass is 16.5. The van der Waals surface area contributed by atoms with Gasteiger partial charge in [-0.2, -0.15) is 0 Å². The van der Waals surface area contributed by atoms with E-state index < -0.39 is 0 Å². The number of hydrogen-bond donors (Lipinski definition) is 0. The lowest BCUT2D eigenvalue weighted by atomic mass is 9.87. The van der Waals surface area contributed by atoms with Crippen LogP contribution in [-0.2, 0) is 11.8 Å². The van der Waals surface area contributed by atoms with Gasteiger partial charge in [0.2, 0.25) is 5.88 Å². The van der Waals surface area contributed by atoms with Gasteiger partial charge in [-0.3, -0.25) is 0 Å². The van der Waals surface area contributed by atoms with Crippen LogP contribution in [0.4, 0.5) is 0 Å². The predicted octanol–water partition coefficient (Wildman–Crippen LogP) is 3.09. The molecule has 0 saturated carbocycles. The van der Waals surface area contributed by atoms with Crippen LogP contribution in [0, 0.1) is 0 Å². The van der Waals surface area contributed by atoms with E-state index in [1.54, 1.807) is 0 Å². The molecule has 2 heterocycles. The SMILES string of the molecule is CC(C)(C)c1cnc2c(c1)CCCCO2. The minimum atomic E-state index is 0.175. The van der Waals surface area contributed by atoms with Gasteiger partial charge in [0.25, 0.3) is 0 Å². The Bertz CT molecular complexity index is 352. The molecule has 2 nitrogen and oxygen atoms in total. The van der Waals surface area contributed by atoms with Gasteiger partial charge in [0.1, 0.15) is 0 Å². The van der Waals surface area contributed by atoms with Crippen LogP contribution in [0.3, 0.4) is 0 Å². The van der Waals surface area contributed by atoms with Gasteiger partial charge in [0, 0.05) is 11.8 Å². The quantitative estimate of drug-likeness (QED) is 0.649. The van der Waals surface area contributed by atoms with E-state index in [1.165, 1.54) is 17.5 Å².